The summed E-state index contributed by atoms with van der Waals surface area (Å²) in [4.78, 5) is 25.0. The molecular formula is C84H101B2BrN20O4S6. The van der Waals surface area contributed by atoms with E-state index in [1.54, 1.807) is 74.3 Å². The number of hydrogen-bond acceptors (Lipinski definition) is 25. The number of aliphatic hydroxyl groups excluding tert-OH is 1. The van der Waals surface area contributed by atoms with Crippen molar-refractivity contribution in [2.45, 2.75) is 129 Å². The smallest absolute Gasteiger partial charge is 0.143 e. The van der Waals surface area contributed by atoms with Crippen molar-refractivity contribution < 1.29 is 18.9 Å². The van der Waals surface area contributed by atoms with Crippen LogP contribution in [-0.4, -0.2) is 217 Å². The van der Waals surface area contributed by atoms with Crippen molar-refractivity contribution in [3.63, 3.8) is 0 Å². The first kappa shape index (κ1) is 83.0. The summed E-state index contributed by atoms with van der Waals surface area (Å²) in [6, 6.07) is 40.0. The third kappa shape index (κ3) is 19.6. The van der Waals surface area contributed by atoms with E-state index in [-0.39, 0.29) is 14.0 Å². The van der Waals surface area contributed by atoms with Gasteiger partial charge in [-0.05, 0) is 277 Å². The van der Waals surface area contributed by atoms with Crippen molar-refractivity contribution in [2.24, 2.45) is 29.6 Å². The molecule has 1 aromatic carbocycles. The average molecular weight is 1750 g/mol. The van der Waals surface area contributed by atoms with E-state index in [4.69, 9.17) is 13.8 Å². The third-order valence-electron chi connectivity index (χ3n) is 24.7. The van der Waals surface area contributed by atoms with Gasteiger partial charge in [-0.1, -0.05) is 63.8 Å². The first-order valence-corrected chi connectivity index (χ1v) is 46.6. The Balaban J connectivity index is 0.000000108. The van der Waals surface area contributed by atoms with Gasteiger partial charge < -0.3 is 34.0 Å². The van der Waals surface area contributed by atoms with Crippen LogP contribution >= 0.6 is 84.0 Å². The zero-order chi connectivity index (χ0) is 79.0. The summed E-state index contributed by atoms with van der Waals surface area (Å²) in [5.74, 6) is 4.78. The number of aliphatic hydroxyl groups is 1. The van der Waals surface area contributed by atoms with Crippen LogP contribution in [0.5, 0.6) is 0 Å². The maximum absolute atomic E-state index is 9.18. The van der Waals surface area contributed by atoms with Crippen LogP contribution < -0.4 is 0 Å². The molecule has 15 saturated heterocycles. The number of aromatic nitrogens is 15. The molecule has 15 aliphatic rings. The summed E-state index contributed by atoms with van der Waals surface area (Å²) < 4.78 is 34.7. The second kappa shape index (κ2) is 38.8. The molecule has 27 heterocycles. The summed E-state index contributed by atoms with van der Waals surface area (Å²) >= 11 is 14.0. The van der Waals surface area contributed by atoms with E-state index in [2.05, 4.69) is 244 Å². The SMILES string of the molecule is Brc1ccc(-c2cn([C@H]3CN4CCC3CC4)nn2)s1.C.CB=O.CB=O.Cc1ccc(-c2cn([C@H]3CN4CCC3CC4)nn2)s1.OCc1ccc(-c2ccc(-c3cn([C@H]4CN5CCC4CC5)nn3)s2)cc1.c1coc(-c2ccc(-c3cn([C@H]4CN5CCC4CC5)nn3)s2)c1.c1csc(-c2ccc(-c3cn([C@H]4CN5CCC4CC5)nn3)s2)c1. The van der Waals surface area contributed by atoms with Gasteiger partial charge in [0.2, 0.25) is 0 Å². The average Bonchev–Trinajstić information content (AvgIpc) is 1.74. The van der Waals surface area contributed by atoms with Crippen LogP contribution in [0.15, 0.2) is 160 Å². The molecule has 33 heteroatoms. The molecule has 0 unspecified atom stereocenters. The minimum Gasteiger partial charge on any atom is -0.464 e. The number of rotatable bonds is 14. The van der Waals surface area contributed by atoms with E-state index in [0.29, 0.717) is 30.2 Å². The van der Waals surface area contributed by atoms with Crippen LogP contribution in [0.3, 0.4) is 0 Å². The standard InChI is InChI=1S/C20H22N4OS.C17H18N4OS.C17H18N4S2.C14H18N4S.C13H15BrN4S.2CH3BO.CH4/c25-13-14-1-3-16(4-2-14)19-5-6-20(26-19)17-11-24(22-21-17)18-12-23-9-7-15(18)8-10-23;1-2-15(22-9-1)17-4-3-16(23-17)13-10-21(19-18-13)14-11-20-7-5-12(14)6-8-20;1-2-16(22-9-1)17-4-3-15(23-17)13-10-21(19-18-13)14-11-20-7-5-12(14)6-8-20;1-10-2-3-14(19-10)12-8-18(16-15-12)13-9-17-6-4-11(13)5-7-17;14-13-2-1-12(19-13)10-7-18(16-15-10)11-8-17-5-3-9(11)4-6-17;2*1-2-3;/h1-6,11,15,18,25H,7-10,12-13H2;2*1-4,9-10,12,14H,5-8,11H2;2-3,8,11,13H,4-7,9H2,1H3;1-2,7,9,11H,3-6,8H2;2*1H3;1H4/t18-;2*14-;13-;11-;;;/m00000.../s1. The Kier molecular flexibility index (Phi) is 27.6. The Labute approximate surface area is 717 Å². The van der Waals surface area contributed by atoms with E-state index in [1.807, 2.05) is 24.3 Å². The molecule has 24 nitrogen and oxygen atoms in total. The van der Waals surface area contributed by atoms with Crippen molar-refractivity contribution in [2.75, 3.05) is 98.2 Å². The number of fused-ring (bicyclic) bond motifs is 15. The fourth-order valence-electron chi connectivity index (χ4n) is 18.4. The number of thiophene rings is 6. The Morgan fingerprint density at radius 3 is 1.03 bits per heavy atom. The van der Waals surface area contributed by atoms with Crippen LogP contribution in [0.2, 0.25) is 13.6 Å². The van der Waals surface area contributed by atoms with Crippen LogP contribution in [0, 0.1) is 36.5 Å². The fraction of sp³-hybridized carbons (Fsp3) is 0.476. The van der Waals surface area contributed by atoms with Crippen molar-refractivity contribution >= 4 is 98.3 Å². The minimum absolute atomic E-state index is 0. The summed E-state index contributed by atoms with van der Waals surface area (Å²) in [5, 5.41) is 55.4. The molecule has 0 amide bonds. The van der Waals surface area contributed by atoms with Gasteiger partial charge in [0.05, 0.1) is 107 Å². The number of nitrogens with zero attached hydrogens (tertiary/aromatic N) is 20. The molecule has 15 aliphatic heterocycles. The number of piperidine rings is 15. The first-order chi connectivity index (χ1) is 56.9. The van der Waals surface area contributed by atoms with E-state index in [1.165, 1.54) is 183 Å². The largest absolute Gasteiger partial charge is 0.464 e. The molecule has 1 N–H and O–H groups in total. The summed E-state index contributed by atoms with van der Waals surface area (Å²) in [5.41, 5.74) is 7.05. The summed E-state index contributed by atoms with van der Waals surface area (Å²) in [7, 11) is 1.50. The van der Waals surface area contributed by atoms with Gasteiger partial charge in [-0.2, -0.15) is 0 Å². The predicted octanol–water partition coefficient (Wildman–Crippen LogP) is 17.4. The zero-order valence-corrected chi connectivity index (χ0v) is 72.2. The molecule has 12 aromatic heterocycles. The normalized spacial score (nSPS) is 25.9. The van der Waals surface area contributed by atoms with Crippen LogP contribution in [-0.2, 0) is 16.0 Å². The molecule has 0 radical (unpaired) electrons. The predicted molar refractivity (Wildman–Crippen MR) is 474 cm³/mol. The second-order valence-corrected chi connectivity index (χ2v) is 39.7. The van der Waals surface area contributed by atoms with Crippen LogP contribution in [0.4, 0.5) is 0 Å². The van der Waals surface area contributed by atoms with Crippen LogP contribution in [0.1, 0.15) is 112 Å². The van der Waals surface area contributed by atoms with Gasteiger partial charge in [-0.25, -0.2) is 23.4 Å². The number of benzene rings is 1. The summed E-state index contributed by atoms with van der Waals surface area (Å²) in [6.45, 7) is 23.3. The maximum atomic E-state index is 9.18. The minimum atomic E-state index is 0. The van der Waals surface area contributed by atoms with Gasteiger partial charge in [0.25, 0.3) is 0 Å². The Morgan fingerprint density at radius 2 is 0.718 bits per heavy atom. The molecule has 13 aromatic rings. The molecular weight excluding hydrogens is 1650 g/mol. The Morgan fingerprint density at radius 1 is 0.393 bits per heavy atom. The van der Waals surface area contributed by atoms with E-state index in [9.17, 15) is 5.11 Å². The third-order valence-corrected chi connectivity index (χ3v) is 31.8. The topological polar surface area (TPSA) is 237 Å². The second-order valence-electron chi connectivity index (χ2n) is 31.7. The monoisotopic (exact) mass is 1750 g/mol. The molecule has 0 saturated carbocycles. The van der Waals surface area contributed by atoms with Crippen molar-refractivity contribution in [3.05, 3.63) is 166 Å². The molecule has 15 fully saturated rings. The molecule has 10 bridgehead atoms. The summed E-state index contributed by atoms with van der Waals surface area (Å²) in [6.07, 6.45) is 25.4. The first-order valence-electron chi connectivity index (χ1n) is 40.9. The van der Waals surface area contributed by atoms with Gasteiger partial charge >= 0.3 is 37.4 Å². The van der Waals surface area contributed by atoms with Gasteiger partial charge in [0.1, 0.15) is 34.2 Å². The fourth-order valence-corrected chi connectivity index (χ4v) is 24.2. The molecule has 5 atom stereocenters. The molecule has 0 spiro atoms. The van der Waals surface area contributed by atoms with Crippen molar-refractivity contribution in [3.8, 4) is 83.7 Å². The van der Waals surface area contributed by atoms with Gasteiger partial charge in [0.15, 0.2) is 0 Å². The van der Waals surface area contributed by atoms with E-state index in [0.717, 1.165) is 135 Å². The quantitative estimate of drug-likeness (QED) is 0.0996. The zero-order valence-electron chi connectivity index (χ0n) is 65.7. The Bertz CT molecular complexity index is 5010. The molecule has 28 rings (SSSR count). The number of furan rings is 1. The number of halogens is 1. The van der Waals surface area contributed by atoms with Crippen LogP contribution in [0.25, 0.3) is 83.7 Å². The van der Waals surface area contributed by atoms with E-state index < -0.39 is 0 Å². The van der Waals surface area contributed by atoms with Gasteiger partial charge in [0, 0.05) is 52.2 Å². The van der Waals surface area contributed by atoms with Gasteiger partial charge in [-0.15, -0.1) is 93.5 Å². The van der Waals surface area contributed by atoms with Crippen molar-refractivity contribution in [1.29, 1.82) is 0 Å². The maximum Gasteiger partial charge on any atom is 0.143 e. The number of hydrogen-bond donors (Lipinski definition) is 1. The number of aryl methyl sites for hydroxylation is 1. The Hall–Kier alpha value is -7.63. The van der Waals surface area contributed by atoms with Gasteiger partial charge in [-0.3, -0.25) is 0 Å². The molecule has 610 valence electrons. The molecule has 117 heavy (non-hydrogen) atoms. The van der Waals surface area contributed by atoms with E-state index >= 15 is 0 Å². The van der Waals surface area contributed by atoms with Crippen molar-refractivity contribution in [1.82, 2.24) is 99.5 Å². The molecule has 0 aliphatic carbocycles.